The van der Waals surface area contributed by atoms with E-state index in [0.717, 1.165) is 11.8 Å². The maximum atomic E-state index is 11.9. The Balaban J connectivity index is 2.16. The van der Waals surface area contributed by atoms with Crippen LogP contribution >= 0.6 is 47.2 Å². The average molecular weight is 412 g/mol. The molecule has 2 aromatic rings. The molecule has 128 valence electrons. The van der Waals surface area contributed by atoms with Crippen molar-refractivity contribution in [3.63, 3.8) is 0 Å². The van der Waals surface area contributed by atoms with Gasteiger partial charge in [-0.3, -0.25) is 4.79 Å². The SMILES string of the molecule is COc1cc(C=C2SC(=S)NC2=O)c(O)c(-c2ccc(Cl)cc2Cl)c1. The van der Waals surface area contributed by atoms with E-state index in [-0.39, 0.29) is 11.7 Å². The van der Waals surface area contributed by atoms with Crippen molar-refractivity contribution < 1.29 is 14.6 Å². The molecule has 1 saturated heterocycles. The van der Waals surface area contributed by atoms with Crippen LogP contribution in [0.2, 0.25) is 10.0 Å². The molecule has 0 aromatic heterocycles. The van der Waals surface area contributed by atoms with Crippen LogP contribution in [0.5, 0.6) is 11.5 Å². The summed E-state index contributed by atoms with van der Waals surface area (Å²) in [6.45, 7) is 0. The Bertz CT molecular complexity index is 928. The predicted molar refractivity (Wildman–Crippen MR) is 106 cm³/mol. The lowest BCUT2D eigenvalue weighted by Crippen LogP contribution is -2.17. The molecule has 0 bridgehead atoms. The van der Waals surface area contributed by atoms with Gasteiger partial charge in [-0.2, -0.15) is 0 Å². The quantitative estimate of drug-likeness (QED) is 0.557. The highest BCUT2D eigenvalue weighted by atomic mass is 35.5. The van der Waals surface area contributed by atoms with Gasteiger partial charge < -0.3 is 15.2 Å². The molecule has 0 saturated carbocycles. The number of aromatic hydroxyl groups is 1. The summed E-state index contributed by atoms with van der Waals surface area (Å²) in [6.07, 6.45) is 1.56. The first-order valence-electron chi connectivity index (χ1n) is 7.00. The fourth-order valence-electron chi connectivity index (χ4n) is 2.33. The van der Waals surface area contributed by atoms with E-state index in [0.29, 0.717) is 41.7 Å². The number of amides is 1. The fourth-order valence-corrected chi connectivity index (χ4v) is 3.88. The number of benzene rings is 2. The number of thiocarbonyl (C=S) groups is 1. The van der Waals surface area contributed by atoms with Crippen molar-refractivity contribution in [3.05, 3.63) is 50.8 Å². The second-order valence-electron chi connectivity index (χ2n) is 5.09. The van der Waals surface area contributed by atoms with Crippen molar-refractivity contribution in [2.45, 2.75) is 0 Å². The molecule has 25 heavy (non-hydrogen) atoms. The molecule has 1 aliphatic heterocycles. The zero-order valence-corrected chi connectivity index (χ0v) is 15.9. The number of rotatable bonds is 3. The third kappa shape index (κ3) is 3.77. The molecule has 2 aromatic carbocycles. The number of carbonyl (C=O) groups excluding carboxylic acids is 1. The molecular formula is C17H11Cl2NO3S2. The number of nitrogens with one attached hydrogen (secondary N) is 1. The summed E-state index contributed by atoms with van der Waals surface area (Å²) in [5, 5.41) is 14.1. The molecule has 0 radical (unpaired) electrons. The molecule has 3 rings (SSSR count). The molecule has 8 heteroatoms. The number of carbonyl (C=O) groups is 1. The van der Waals surface area contributed by atoms with E-state index >= 15 is 0 Å². The molecule has 1 aliphatic rings. The van der Waals surface area contributed by atoms with Gasteiger partial charge in [-0.05, 0) is 30.3 Å². The minimum absolute atomic E-state index is 0.0243. The zero-order valence-electron chi connectivity index (χ0n) is 12.8. The van der Waals surface area contributed by atoms with Crippen molar-refractivity contribution in [3.8, 4) is 22.6 Å². The summed E-state index contributed by atoms with van der Waals surface area (Å²) in [4.78, 5) is 12.3. The van der Waals surface area contributed by atoms with E-state index in [1.54, 1.807) is 36.4 Å². The molecule has 4 nitrogen and oxygen atoms in total. The van der Waals surface area contributed by atoms with E-state index in [4.69, 9.17) is 40.2 Å². The Labute approximate surface area is 163 Å². The van der Waals surface area contributed by atoms with Crippen LogP contribution in [-0.2, 0) is 4.79 Å². The number of halogens is 2. The summed E-state index contributed by atoms with van der Waals surface area (Å²) in [5.41, 5.74) is 1.49. The minimum atomic E-state index is -0.303. The number of phenols is 1. The lowest BCUT2D eigenvalue weighted by atomic mass is 10.00. The smallest absolute Gasteiger partial charge is 0.263 e. The number of hydrogen-bond acceptors (Lipinski definition) is 5. The summed E-state index contributed by atoms with van der Waals surface area (Å²) in [6, 6.07) is 8.28. The number of ether oxygens (including phenoxy) is 1. The van der Waals surface area contributed by atoms with E-state index in [1.807, 2.05) is 0 Å². The Morgan fingerprint density at radius 2 is 2.00 bits per heavy atom. The number of phenolic OH excluding ortho intramolecular Hbond substituents is 1. The third-order valence-electron chi connectivity index (χ3n) is 3.50. The van der Waals surface area contributed by atoms with Crippen molar-refractivity contribution in [1.82, 2.24) is 5.32 Å². The number of hydrogen-bond donors (Lipinski definition) is 2. The van der Waals surface area contributed by atoms with Gasteiger partial charge in [0, 0.05) is 21.7 Å². The van der Waals surface area contributed by atoms with Gasteiger partial charge in [0.25, 0.3) is 5.91 Å². The molecule has 2 N–H and O–H groups in total. The molecule has 1 fully saturated rings. The molecule has 0 spiro atoms. The summed E-state index contributed by atoms with van der Waals surface area (Å²) in [5.74, 6) is 0.184. The fraction of sp³-hybridized carbons (Fsp3) is 0.0588. The predicted octanol–water partition coefficient (Wildman–Crippen LogP) is 4.86. The van der Waals surface area contributed by atoms with Crippen molar-refractivity contribution in [2.24, 2.45) is 0 Å². The van der Waals surface area contributed by atoms with E-state index < -0.39 is 0 Å². The molecule has 0 aliphatic carbocycles. The first-order valence-corrected chi connectivity index (χ1v) is 8.98. The van der Waals surface area contributed by atoms with Crippen LogP contribution in [0, 0.1) is 0 Å². The Hall–Kier alpha value is -1.73. The average Bonchev–Trinajstić information content (AvgIpc) is 2.87. The topological polar surface area (TPSA) is 58.6 Å². The van der Waals surface area contributed by atoms with Gasteiger partial charge in [0.15, 0.2) is 0 Å². The van der Waals surface area contributed by atoms with Gasteiger partial charge in [0.1, 0.15) is 15.8 Å². The van der Waals surface area contributed by atoms with Gasteiger partial charge in [-0.25, -0.2) is 0 Å². The lowest BCUT2D eigenvalue weighted by Gasteiger charge is -2.12. The van der Waals surface area contributed by atoms with Crippen molar-refractivity contribution >= 4 is 63.5 Å². The maximum Gasteiger partial charge on any atom is 0.263 e. The molecular weight excluding hydrogens is 401 g/mol. The Morgan fingerprint density at radius 1 is 1.24 bits per heavy atom. The molecule has 0 unspecified atom stereocenters. The monoisotopic (exact) mass is 411 g/mol. The molecule has 1 amide bonds. The van der Waals surface area contributed by atoms with Gasteiger partial charge in [-0.15, -0.1) is 0 Å². The van der Waals surface area contributed by atoms with E-state index in [2.05, 4.69) is 5.32 Å². The van der Waals surface area contributed by atoms with Crippen LogP contribution in [0.1, 0.15) is 5.56 Å². The maximum absolute atomic E-state index is 11.9. The van der Waals surface area contributed by atoms with Crippen LogP contribution in [-0.4, -0.2) is 22.4 Å². The normalized spacial score (nSPS) is 15.6. The highest BCUT2D eigenvalue weighted by molar-refractivity contribution is 8.26. The summed E-state index contributed by atoms with van der Waals surface area (Å²) < 4.78 is 5.68. The van der Waals surface area contributed by atoms with Crippen LogP contribution in [0.15, 0.2) is 35.2 Å². The van der Waals surface area contributed by atoms with Crippen LogP contribution < -0.4 is 10.1 Å². The van der Waals surface area contributed by atoms with E-state index in [9.17, 15) is 9.90 Å². The first kappa shape index (κ1) is 18.1. The first-order chi connectivity index (χ1) is 11.9. The van der Waals surface area contributed by atoms with Crippen LogP contribution in [0.25, 0.3) is 17.2 Å². The number of methoxy groups -OCH3 is 1. The largest absolute Gasteiger partial charge is 0.507 e. The molecule has 0 atom stereocenters. The zero-order chi connectivity index (χ0) is 18.1. The second kappa shape index (κ2) is 7.25. The van der Waals surface area contributed by atoms with Crippen LogP contribution in [0.3, 0.4) is 0 Å². The van der Waals surface area contributed by atoms with Crippen molar-refractivity contribution in [2.75, 3.05) is 7.11 Å². The van der Waals surface area contributed by atoms with Crippen molar-refractivity contribution in [1.29, 1.82) is 0 Å². The van der Waals surface area contributed by atoms with Crippen LogP contribution in [0.4, 0.5) is 0 Å². The highest BCUT2D eigenvalue weighted by Gasteiger charge is 2.23. The highest BCUT2D eigenvalue weighted by Crippen LogP contribution is 2.41. The van der Waals surface area contributed by atoms with Gasteiger partial charge in [0.05, 0.1) is 17.0 Å². The van der Waals surface area contributed by atoms with Gasteiger partial charge in [0.2, 0.25) is 0 Å². The summed E-state index contributed by atoms with van der Waals surface area (Å²) in [7, 11) is 1.52. The summed E-state index contributed by atoms with van der Waals surface area (Å²) >= 11 is 18.3. The minimum Gasteiger partial charge on any atom is -0.507 e. The second-order valence-corrected chi connectivity index (χ2v) is 7.65. The van der Waals surface area contributed by atoms with Gasteiger partial charge in [-0.1, -0.05) is 53.2 Å². The van der Waals surface area contributed by atoms with Gasteiger partial charge >= 0.3 is 0 Å². The Morgan fingerprint density at radius 3 is 2.60 bits per heavy atom. The third-order valence-corrected chi connectivity index (χ3v) is 5.21. The molecule has 1 heterocycles. The number of thioether (sulfide) groups is 1. The van der Waals surface area contributed by atoms with E-state index in [1.165, 1.54) is 7.11 Å². The standard InChI is InChI=1S/C17H11Cl2NO3S2/c1-23-10-4-8(5-14-16(22)20-17(24)25-14)15(21)12(7-10)11-3-2-9(18)6-13(11)19/h2-7,21H,1H3,(H,20,22,24). The lowest BCUT2D eigenvalue weighted by molar-refractivity contribution is -0.115. The Kier molecular flexibility index (Phi) is 5.24.